The van der Waals surface area contributed by atoms with Crippen LogP contribution in [0.4, 0.5) is 5.69 Å². The van der Waals surface area contributed by atoms with Crippen LogP contribution in [0.1, 0.15) is 23.7 Å². The van der Waals surface area contributed by atoms with Crippen molar-refractivity contribution >= 4 is 38.9 Å². The molecule has 2 atom stereocenters. The van der Waals surface area contributed by atoms with Gasteiger partial charge < -0.3 is 16.0 Å². The van der Waals surface area contributed by atoms with Crippen LogP contribution < -0.4 is 11.1 Å². The van der Waals surface area contributed by atoms with E-state index in [2.05, 4.69) is 26.3 Å². The summed E-state index contributed by atoms with van der Waals surface area (Å²) in [5, 5.41) is 16.3. The lowest BCUT2D eigenvalue weighted by Crippen LogP contribution is -2.32. The molecule has 0 bridgehead atoms. The number of likely N-dealkylation sites (tertiary alicyclic amines) is 1. The Labute approximate surface area is 152 Å². The summed E-state index contributed by atoms with van der Waals surface area (Å²) in [6.07, 6.45) is 3.09. The highest BCUT2D eigenvalue weighted by atomic mass is 79.9. The molecule has 3 heterocycles. The molecule has 0 radical (unpaired) electrons. The third-order valence-electron chi connectivity index (χ3n) is 4.39. The van der Waals surface area contributed by atoms with Gasteiger partial charge in [0.1, 0.15) is 6.42 Å². The van der Waals surface area contributed by atoms with Crippen molar-refractivity contribution in [2.24, 2.45) is 11.7 Å². The van der Waals surface area contributed by atoms with Crippen molar-refractivity contribution in [1.29, 1.82) is 5.26 Å². The zero-order valence-corrected chi connectivity index (χ0v) is 15.2. The van der Waals surface area contributed by atoms with E-state index in [1.807, 2.05) is 19.1 Å². The summed E-state index contributed by atoms with van der Waals surface area (Å²) in [6, 6.07) is 3.68. The summed E-state index contributed by atoms with van der Waals surface area (Å²) in [5.74, 6) is -0.591. The molecule has 25 heavy (non-hydrogen) atoms. The van der Waals surface area contributed by atoms with Crippen LogP contribution in [0.2, 0.25) is 0 Å². The average Bonchev–Trinajstić information content (AvgIpc) is 3.10. The Morgan fingerprint density at radius 1 is 1.52 bits per heavy atom. The number of primary amides is 1. The minimum absolute atomic E-state index is 0.0550. The van der Waals surface area contributed by atoms with Gasteiger partial charge in [0.05, 0.1) is 29.0 Å². The number of anilines is 1. The van der Waals surface area contributed by atoms with Gasteiger partial charge in [-0.2, -0.15) is 10.4 Å². The van der Waals surface area contributed by atoms with E-state index in [0.717, 1.165) is 9.99 Å². The summed E-state index contributed by atoms with van der Waals surface area (Å²) in [7, 11) is 0. The first-order valence-electron chi connectivity index (χ1n) is 7.78. The van der Waals surface area contributed by atoms with Crippen molar-refractivity contribution in [2.75, 3.05) is 18.4 Å². The summed E-state index contributed by atoms with van der Waals surface area (Å²) < 4.78 is 2.48. The SMILES string of the molecule is C[C@@H]1CN(C(=O)CC#N)C[C@H]1Nc1c(C(N)=O)cnn2cc(Br)cc12. The summed E-state index contributed by atoms with van der Waals surface area (Å²) in [6.45, 7) is 3.06. The van der Waals surface area contributed by atoms with E-state index >= 15 is 0 Å². The number of nitriles is 1. The zero-order valence-electron chi connectivity index (χ0n) is 13.6. The van der Waals surface area contributed by atoms with Gasteiger partial charge in [0.2, 0.25) is 5.91 Å². The smallest absolute Gasteiger partial charge is 0.252 e. The standard InChI is InChI=1S/C16H17BrN6O2/c1-9-6-22(14(24)2-3-18)8-12(9)21-15-11(16(19)25)5-20-23-7-10(17)4-13(15)23/h4-5,7,9,12,21H,2,6,8H2,1H3,(H2,19,25)/t9-,12-/m1/s1. The van der Waals surface area contributed by atoms with Crippen LogP contribution in [0.5, 0.6) is 0 Å². The minimum Gasteiger partial charge on any atom is -0.378 e. The van der Waals surface area contributed by atoms with Gasteiger partial charge in [-0.25, -0.2) is 4.52 Å². The molecule has 0 spiro atoms. The van der Waals surface area contributed by atoms with Crippen LogP contribution in [0.15, 0.2) is 22.9 Å². The maximum Gasteiger partial charge on any atom is 0.252 e. The third kappa shape index (κ3) is 3.30. The van der Waals surface area contributed by atoms with Crippen LogP contribution in [0.25, 0.3) is 5.52 Å². The molecule has 130 valence electrons. The number of fused-ring (bicyclic) bond motifs is 1. The number of rotatable bonds is 4. The van der Waals surface area contributed by atoms with E-state index < -0.39 is 5.91 Å². The first kappa shape index (κ1) is 17.2. The molecule has 9 heteroatoms. The molecule has 1 saturated heterocycles. The highest BCUT2D eigenvalue weighted by Gasteiger charge is 2.33. The molecule has 0 unspecified atom stereocenters. The Balaban J connectivity index is 1.92. The highest BCUT2D eigenvalue weighted by molar-refractivity contribution is 9.10. The van der Waals surface area contributed by atoms with Crippen molar-refractivity contribution < 1.29 is 9.59 Å². The van der Waals surface area contributed by atoms with Crippen molar-refractivity contribution in [3.63, 3.8) is 0 Å². The molecule has 1 aliphatic rings. The van der Waals surface area contributed by atoms with Gasteiger partial charge in [0.15, 0.2) is 0 Å². The first-order valence-corrected chi connectivity index (χ1v) is 8.58. The van der Waals surface area contributed by atoms with Gasteiger partial charge in [-0.1, -0.05) is 6.92 Å². The molecular formula is C16H17BrN6O2. The van der Waals surface area contributed by atoms with Crippen LogP contribution in [-0.2, 0) is 4.79 Å². The number of hydrogen-bond donors (Lipinski definition) is 2. The van der Waals surface area contributed by atoms with E-state index in [-0.39, 0.29) is 24.3 Å². The van der Waals surface area contributed by atoms with Gasteiger partial charge in [0, 0.05) is 29.8 Å². The van der Waals surface area contributed by atoms with E-state index in [1.54, 1.807) is 15.6 Å². The molecular weight excluding hydrogens is 388 g/mol. The largest absolute Gasteiger partial charge is 0.378 e. The zero-order chi connectivity index (χ0) is 18.1. The van der Waals surface area contributed by atoms with Gasteiger partial charge in [-0.3, -0.25) is 9.59 Å². The number of nitrogens with one attached hydrogen (secondary N) is 1. The van der Waals surface area contributed by atoms with Gasteiger partial charge in [-0.15, -0.1) is 0 Å². The summed E-state index contributed by atoms with van der Waals surface area (Å²) in [5.41, 5.74) is 7.11. The maximum atomic E-state index is 12.0. The van der Waals surface area contributed by atoms with E-state index in [0.29, 0.717) is 24.3 Å². The monoisotopic (exact) mass is 404 g/mol. The Hall–Kier alpha value is -2.60. The summed E-state index contributed by atoms with van der Waals surface area (Å²) in [4.78, 5) is 25.4. The van der Waals surface area contributed by atoms with Crippen molar-refractivity contribution in [3.8, 4) is 6.07 Å². The fraction of sp³-hybridized carbons (Fsp3) is 0.375. The predicted octanol–water partition coefficient (Wildman–Crippen LogP) is 1.37. The number of nitrogens with zero attached hydrogens (tertiary/aromatic N) is 4. The van der Waals surface area contributed by atoms with E-state index in [1.165, 1.54) is 6.20 Å². The molecule has 3 N–H and O–H groups in total. The van der Waals surface area contributed by atoms with Crippen LogP contribution in [0, 0.1) is 17.2 Å². The fourth-order valence-electron chi connectivity index (χ4n) is 3.09. The number of aromatic nitrogens is 2. The number of nitrogens with two attached hydrogens (primary N) is 1. The summed E-state index contributed by atoms with van der Waals surface area (Å²) >= 11 is 3.40. The number of hydrogen-bond acceptors (Lipinski definition) is 5. The van der Waals surface area contributed by atoms with Crippen molar-refractivity contribution in [3.05, 3.63) is 28.5 Å². The molecule has 1 aliphatic heterocycles. The molecule has 0 aromatic carbocycles. The maximum absolute atomic E-state index is 12.0. The lowest BCUT2D eigenvalue weighted by molar-refractivity contribution is -0.129. The Kier molecular flexibility index (Phi) is 4.63. The molecule has 2 aromatic rings. The second kappa shape index (κ2) is 6.72. The van der Waals surface area contributed by atoms with Crippen LogP contribution in [0.3, 0.4) is 0 Å². The lowest BCUT2D eigenvalue weighted by Gasteiger charge is -2.20. The van der Waals surface area contributed by atoms with Crippen LogP contribution >= 0.6 is 15.9 Å². The quantitative estimate of drug-likeness (QED) is 0.797. The lowest BCUT2D eigenvalue weighted by atomic mass is 10.1. The molecule has 2 amide bonds. The highest BCUT2D eigenvalue weighted by Crippen LogP contribution is 2.29. The fourth-order valence-corrected chi connectivity index (χ4v) is 3.50. The Morgan fingerprint density at radius 3 is 2.96 bits per heavy atom. The second-order valence-electron chi connectivity index (χ2n) is 6.15. The number of carbonyl (C=O) groups excluding carboxylic acids is 2. The predicted molar refractivity (Wildman–Crippen MR) is 94.8 cm³/mol. The van der Waals surface area contributed by atoms with E-state index in [9.17, 15) is 9.59 Å². The molecule has 8 nitrogen and oxygen atoms in total. The van der Waals surface area contributed by atoms with Crippen molar-refractivity contribution in [2.45, 2.75) is 19.4 Å². The van der Waals surface area contributed by atoms with Gasteiger partial charge in [0.25, 0.3) is 5.91 Å². The van der Waals surface area contributed by atoms with Gasteiger partial charge >= 0.3 is 0 Å². The topological polar surface area (TPSA) is 117 Å². The Morgan fingerprint density at radius 2 is 2.28 bits per heavy atom. The normalized spacial score (nSPS) is 19.8. The van der Waals surface area contributed by atoms with E-state index in [4.69, 9.17) is 11.0 Å². The molecule has 2 aromatic heterocycles. The Bertz CT molecular complexity index is 887. The molecule has 0 saturated carbocycles. The van der Waals surface area contributed by atoms with Crippen molar-refractivity contribution in [1.82, 2.24) is 14.5 Å². The average molecular weight is 405 g/mol. The van der Waals surface area contributed by atoms with Gasteiger partial charge in [-0.05, 0) is 27.9 Å². The number of halogens is 1. The molecule has 3 rings (SSSR count). The van der Waals surface area contributed by atoms with Crippen LogP contribution in [-0.4, -0.2) is 45.5 Å². The molecule has 1 fully saturated rings. The number of carbonyl (C=O) groups is 2. The first-order chi connectivity index (χ1) is 11.9. The third-order valence-corrected chi connectivity index (χ3v) is 4.83. The molecule has 0 aliphatic carbocycles. The minimum atomic E-state index is -0.571. The second-order valence-corrected chi connectivity index (χ2v) is 7.06. The number of amides is 2.